The van der Waals surface area contributed by atoms with Crippen LogP contribution in [0.25, 0.3) is 0 Å². The van der Waals surface area contributed by atoms with E-state index in [1.165, 1.54) is 0 Å². The average molecular weight is 370 g/mol. The highest BCUT2D eigenvalue weighted by Gasteiger charge is 2.54. The molecular weight excluding hydrogens is 344 g/mol. The zero-order chi connectivity index (χ0) is 18.9. The number of pyridine rings is 1. The molecule has 2 saturated heterocycles. The molecule has 0 aromatic carbocycles. The number of likely N-dealkylation sites (tertiary alicyclic amines) is 1. The minimum Gasteiger partial charge on any atom is -0.375 e. The highest BCUT2D eigenvalue weighted by molar-refractivity contribution is 5.92. The van der Waals surface area contributed by atoms with Gasteiger partial charge in [0.05, 0.1) is 31.7 Å². The molecule has 7 heteroatoms. The van der Waals surface area contributed by atoms with E-state index < -0.39 is 0 Å². The zero-order valence-electron chi connectivity index (χ0n) is 15.9. The number of imidazole rings is 1. The Balaban J connectivity index is 1.25. The lowest BCUT2D eigenvalue weighted by Gasteiger charge is -2.50. The number of carbonyl (C=O) groups excluding carboxylic acids is 1. The summed E-state index contributed by atoms with van der Waals surface area (Å²) in [6.45, 7) is 5.25. The van der Waals surface area contributed by atoms with E-state index in [0.717, 1.165) is 30.8 Å². The van der Waals surface area contributed by atoms with Crippen molar-refractivity contribution in [1.29, 1.82) is 0 Å². The number of carbonyl (C=O) groups is 1. The SMILES string of the molecule is Cc1cccc(COCC[C@@H]2CCOC23CN(C(=O)c2cn(C)cn2)C3)n1. The summed E-state index contributed by atoms with van der Waals surface area (Å²) in [6.07, 6.45) is 5.38. The number of amides is 1. The molecule has 0 radical (unpaired) electrons. The molecule has 7 nitrogen and oxygen atoms in total. The van der Waals surface area contributed by atoms with Crippen LogP contribution in [0.4, 0.5) is 0 Å². The van der Waals surface area contributed by atoms with Crippen molar-refractivity contribution in [3.05, 3.63) is 47.8 Å². The van der Waals surface area contributed by atoms with Crippen LogP contribution in [0, 0.1) is 12.8 Å². The molecule has 1 spiro atoms. The molecule has 144 valence electrons. The molecule has 0 bridgehead atoms. The van der Waals surface area contributed by atoms with Gasteiger partial charge >= 0.3 is 0 Å². The molecule has 2 aliphatic heterocycles. The topological polar surface area (TPSA) is 69.5 Å². The van der Waals surface area contributed by atoms with Crippen molar-refractivity contribution in [2.45, 2.75) is 32.0 Å². The van der Waals surface area contributed by atoms with Crippen LogP contribution in [0.1, 0.15) is 34.7 Å². The van der Waals surface area contributed by atoms with Gasteiger partial charge in [-0.25, -0.2) is 4.98 Å². The number of hydrogen-bond donors (Lipinski definition) is 0. The standard InChI is InChI=1S/C20H26N4O3/c1-15-4-3-5-17(22-15)11-26-8-6-16-7-9-27-20(16)12-24(13-20)19(25)18-10-23(2)14-21-18/h3-5,10,14,16H,6-9,11-13H2,1-2H3/t16-/m1/s1. The first kappa shape index (κ1) is 18.1. The Morgan fingerprint density at radius 1 is 1.41 bits per heavy atom. The second kappa shape index (κ2) is 7.40. The van der Waals surface area contributed by atoms with Gasteiger partial charge < -0.3 is 18.9 Å². The monoisotopic (exact) mass is 370 g/mol. The molecule has 0 saturated carbocycles. The molecule has 4 rings (SSSR count). The lowest BCUT2D eigenvalue weighted by Crippen LogP contribution is -2.66. The Morgan fingerprint density at radius 3 is 3.00 bits per heavy atom. The average Bonchev–Trinajstić information content (AvgIpc) is 3.23. The first-order valence-corrected chi connectivity index (χ1v) is 9.47. The Kier molecular flexibility index (Phi) is 4.97. The smallest absolute Gasteiger partial charge is 0.274 e. The van der Waals surface area contributed by atoms with Gasteiger partial charge in [0, 0.05) is 32.2 Å². The van der Waals surface area contributed by atoms with Crippen molar-refractivity contribution in [2.24, 2.45) is 13.0 Å². The van der Waals surface area contributed by atoms with Crippen LogP contribution in [0.2, 0.25) is 0 Å². The van der Waals surface area contributed by atoms with Crippen molar-refractivity contribution in [2.75, 3.05) is 26.3 Å². The van der Waals surface area contributed by atoms with Gasteiger partial charge in [-0.15, -0.1) is 0 Å². The second-order valence-corrected chi connectivity index (χ2v) is 7.60. The third-order valence-electron chi connectivity index (χ3n) is 5.53. The summed E-state index contributed by atoms with van der Waals surface area (Å²) in [4.78, 5) is 22.9. The van der Waals surface area contributed by atoms with Gasteiger partial charge in [0.15, 0.2) is 0 Å². The van der Waals surface area contributed by atoms with E-state index >= 15 is 0 Å². The van der Waals surface area contributed by atoms with Crippen molar-refractivity contribution >= 4 is 5.91 Å². The van der Waals surface area contributed by atoms with Gasteiger partial charge in [0.1, 0.15) is 11.3 Å². The van der Waals surface area contributed by atoms with Crippen LogP contribution in [0.15, 0.2) is 30.7 Å². The molecular formula is C20H26N4O3. The second-order valence-electron chi connectivity index (χ2n) is 7.60. The van der Waals surface area contributed by atoms with Gasteiger partial charge in [-0.3, -0.25) is 9.78 Å². The van der Waals surface area contributed by atoms with Gasteiger partial charge in [0.2, 0.25) is 0 Å². The largest absolute Gasteiger partial charge is 0.375 e. The maximum absolute atomic E-state index is 12.5. The summed E-state index contributed by atoms with van der Waals surface area (Å²) in [5.41, 5.74) is 2.26. The van der Waals surface area contributed by atoms with Gasteiger partial charge in [-0.05, 0) is 37.8 Å². The maximum Gasteiger partial charge on any atom is 0.274 e. The molecule has 0 unspecified atom stereocenters. The highest BCUT2D eigenvalue weighted by atomic mass is 16.5. The van der Waals surface area contributed by atoms with E-state index in [1.807, 2.05) is 37.1 Å². The van der Waals surface area contributed by atoms with Crippen molar-refractivity contribution < 1.29 is 14.3 Å². The van der Waals surface area contributed by atoms with Crippen molar-refractivity contribution in [3.8, 4) is 0 Å². The molecule has 1 atom stereocenters. The molecule has 0 aliphatic carbocycles. The van der Waals surface area contributed by atoms with Crippen LogP contribution in [-0.2, 0) is 23.1 Å². The van der Waals surface area contributed by atoms with Crippen molar-refractivity contribution in [1.82, 2.24) is 19.4 Å². The summed E-state index contributed by atoms with van der Waals surface area (Å²) < 4.78 is 13.7. The molecule has 2 aromatic rings. The van der Waals surface area contributed by atoms with Gasteiger partial charge in [-0.2, -0.15) is 0 Å². The Morgan fingerprint density at radius 2 is 2.26 bits per heavy atom. The lowest BCUT2D eigenvalue weighted by atomic mass is 9.79. The number of hydrogen-bond acceptors (Lipinski definition) is 5. The van der Waals surface area contributed by atoms with Crippen LogP contribution >= 0.6 is 0 Å². The van der Waals surface area contributed by atoms with E-state index in [1.54, 1.807) is 17.1 Å². The molecule has 27 heavy (non-hydrogen) atoms. The van der Waals surface area contributed by atoms with Gasteiger partial charge in [-0.1, -0.05) is 6.07 Å². The maximum atomic E-state index is 12.5. The van der Waals surface area contributed by atoms with Crippen LogP contribution in [0.5, 0.6) is 0 Å². The zero-order valence-corrected chi connectivity index (χ0v) is 15.9. The van der Waals surface area contributed by atoms with Crippen LogP contribution < -0.4 is 0 Å². The number of aromatic nitrogens is 3. The summed E-state index contributed by atoms with van der Waals surface area (Å²) >= 11 is 0. The fourth-order valence-corrected chi connectivity index (χ4v) is 4.05. The first-order chi connectivity index (χ1) is 13.1. The van der Waals surface area contributed by atoms with E-state index in [4.69, 9.17) is 9.47 Å². The Bertz CT molecular complexity index is 813. The molecule has 2 fully saturated rings. The number of nitrogens with zero attached hydrogens (tertiary/aromatic N) is 4. The third kappa shape index (κ3) is 3.75. The fraction of sp³-hybridized carbons (Fsp3) is 0.550. The molecule has 0 N–H and O–H groups in total. The highest BCUT2D eigenvalue weighted by Crippen LogP contribution is 2.42. The normalized spacial score (nSPS) is 20.8. The summed E-state index contributed by atoms with van der Waals surface area (Å²) in [5, 5.41) is 0. The lowest BCUT2D eigenvalue weighted by molar-refractivity contribution is -0.120. The van der Waals surface area contributed by atoms with Crippen LogP contribution in [-0.4, -0.2) is 57.2 Å². The third-order valence-corrected chi connectivity index (χ3v) is 5.53. The minimum absolute atomic E-state index is 0.0164. The van der Waals surface area contributed by atoms with E-state index in [0.29, 0.717) is 37.9 Å². The molecule has 2 aromatic heterocycles. The Labute approximate surface area is 159 Å². The predicted octanol–water partition coefficient (Wildman–Crippen LogP) is 1.96. The van der Waals surface area contributed by atoms with E-state index in [-0.39, 0.29) is 11.5 Å². The number of aryl methyl sites for hydroxylation is 2. The minimum atomic E-state index is -0.199. The number of rotatable bonds is 6. The first-order valence-electron chi connectivity index (χ1n) is 9.47. The van der Waals surface area contributed by atoms with Gasteiger partial charge in [0.25, 0.3) is 5.91 Å². The van der Waals surface area contributed by atoms with Crippen molar-refractivity contribution in [3.63, 3.8) is 0 Å². The molecule has 4 heterocycles. The summed E-state index contributed by atoms with van der Waals surface area (Å²) in [7, 11) is 1.86. The fourth-order valence-electron chi connectivity index (χ4n) is 4.05. The Hall–Kier alpha value is -2.25. The predicted molar refractivity (Wildman–Crippen MR) is 99.1 cm³/mol. The summed E-state index contributed by atoms with van der Waals surface area (Å²) in [5.74, 6) is 0.410. The summed E-state index contributed by atoms with van der Waals surface area (Å²) in [6, 6.07) is 5.97. The molecule has 2 aliphatic rings. The quantitative estimate of drug-likeness (QED) is 0.727. The number of ether oxygens (including phenoxy) is 2. The van der Waals surface area contributed by atoms with E-state index in [2.05, 4.69) is 9.97 Å². The molecule has 1 amide bonds. The van der Waals surface area contributed by atoms with E-state index in [9.17, 15) is 4.79 Å². The van der Waals surface area contributed by atoms with Crippen LogP contribution in [0.3, 0.4) is 0 Å².